The van der Waals surface area contributed by atoms with Gasteiger partial charge in [0.05, 0.1) is 17.9 Å². The molecule has 152 valence electrons. The Labute approximate surface area is 175 Å². The zero-order chi connectivity index (χ0) is 21.2. The van der Waals surface area contributed by atoms with Crippen LogP contribution in [0, 0.1) is 0 Å². The van der Waals surface area contributed by atoms with E-state index in [9.17, 15) is 9.59 Å². The molecule has 0 heterocycles. The van der Waals surface area contributed by atoms with E-state index in [-0.39, 0.29) is 0 Å². The van der Waals surface area contributed by atoms with E-state index in [0.29, 0.717) is 17.9 Å². The largest absolute Gasteiger partial charge is 0.452 e. The van der Waals surface area contributed by atoms with E-state index in [1.165, 1.54) is 0 Å². The molecule has 0 fully saturated rings. The molecule has 3 aromatic rings. The fourth-order valence-corrected chi connectivity index (χ4v) is 2.76. The van der Waals surface area contributed by atoms with Gasteiger partial charge in [0.15, 0.2) is 6.61 Å². The van der Waals surface area contributed by atoms with Gasteiger partial charge in [0, 0.05) is 18.2 Å². The summed E-state index contributed by atoms with van der Waals surface area (Å²) in [5.41, 5.74) is 6.10. The summed E-state index contributed by atoms with van der Waals surface area (Å²) in [7, 11) is 1.60. The Kier molecular flexibility index (Phi) is 7.46. The summed E-state index contributed by atoms with van der Waals surface area (Å²) < 4.78 is 10.1. The van der Waals surface area contributed by atoms with Crippen LogP contribution in [0.3, 0.4) is 0 Å². The van der Waals surface area contributed by atoms with Gasteiger partial charge in [0.1, 0.15) is 0 Å². The number of rotatable bonds is 8. The van der Waals surface area contributed by atoms with Crippen molar-refractivity contribution < 1.29 is 19.1 Å². The normalized spacial score (nSPS) is 10.2. The number of nitrogens with one attached hydrogen (secondary N) is 1. The zero-order valence-corrected chi connectivity index (χ0v) is 16.6. The molecule has 6 heteroatoms. The number of benzene rings is 3. The second kappa shape index (κ2) is 10.7. The third-order valence-electron chi connectivity index (χ3n) is 4.22. The summed E-state index contributed by atoms with van der Waals surface area (Å²) in [4.78, 5) is 24.3. The molecule has 0 saturated heterocycles. The second-order valence-corrected chi connectivity index (χ2v) is 6.43. The van der Waals surface area contributed by atoms with E-state index < -0.39 is 18.5 Å². The van der Waals surface area contributed by atoms with Gasteiger partial charge < -0.3 is 9.47 Å². The van der Waals surface area contributed by atoms with Crippen molar-refractivity contribution in [1.29, 1.82) is 0 Å². The highest BCUT2D eigenvalue weighted by Gasteiger charge is 2.11. The topological polar surface area (TPSA) is 77.0 Å². The van der Waals surface area contributed by atoms with Gasteiger partial charge >= 0.3 is 5.97 Å². The molecule has 1 amide bonds. The molecule has 0 aromatic heterocycles. The maximum atomic E-state index is 12.2. The first-order chi connectivity index (χ1) is 14.7. The third-order valence-corrected chi connectivity index (χ3v) is 4.22. The van der Waals surface area contributed by atoms with Crippen LogP contribution < -0.4 is 5.43 Å². The van der Waals surface area contributed by atoms with Gasteiger partial charge in [-0.05, 0) is 17.7 Å². The fourth-order valence-electron chi connectivity index (χ4n) is 2.76. The van der Waals surface area contributed by atoms with Gasteiger partial charge in [-0.2, -0.15) is 5.10 Å². The number of nitrogens with zero attached hydrogens (tertiary/aromatic N) is 1. The van der Waals surface area contributed by atoms with Crippen LogP contribution in [-0.4, -0.2) is 31.3 Å². The van der Waals surface area contributed by atoms with Crippen LogP contribution in [-0.2, 0) is 20.9 Å². The number of amides is 1. The Bertz CT molecular complexity index is 959. The van der Waals surface area contributed by atoms with Gasteiger partial charge in [-0.25, -0.2) is 10.2 Å². The number of hydrogen-bond acceptors (Lipinski definition) is 5. The molecule has 0 aliphatic rings. The van der Waals surface area contributed by atoms with Crippen LogP contribution >= 0.6 is 0 Å². The van der Waals surface area contributed by atoms with Crippen LogP contribution in [0.5, 0.6) is 0 Å². The number of esters is 1. The van der Waals surface area contributed by atoms with Crippen molar-refractivity contribution in [1.82, 2.24) is 5.43 Å². The van der Waals surface area contributed by atoms with Crippen LogP contribution in [0.1, 0.15) is 27.0 Å². The summed E-state index contributed by atoms with van der Waals surface area (Å²) in [5, 5.41) is 4.26. The predicted octanol–water partition coefficient (Wildman–Crippen LogP) is 3.56. The molecule has 0 radical (unpaired) electrons. The zero-order valence-electron chi connectivity index (χ0n) is 16.6. The SMILES string of the molecule is COCc1ccc(C(=O)OCC(=O)NN=C(c2ccccc2)c2ccccc2)cc1. The average molecular weight is 402 g/mol. The standard InChI is InChI=1S/C24H22N2O4/c1-29-16-18-12-14-21(15-13-18)24(28)30-17-22(27)25-26-23(19-8-4-2-5-9-19)20-10-6-3-7-11-20/h2-15H,16-17H2,1H3,(H,25,27). The number of methoxy groups -OCH3 is 1. The van der Waals surface area contributed by atoms with Crippen molar-refractivity contribution in [2.24, 2.45) is 5.10 Å². The minimum Gasteiger partial charge on any atom is -0.452 e. The number of ether oxygens (including phenoxy) is 2. The van der Waals surface area contributed by atoms with Crippen molar-refractivity contribution >= 4 is 17.6 Å². The maximum absolute atomic E-state index is 12.2. The Balaban J connectivity index is 1.62. The lowest BCUT2D eigenvalue weighted by atomic mass is 10.0. The van der Waals surface area contributed by atoms with Crippen LogP contribution in [0.15, 0.2) is 90.0 Å². The summed E-state index contributed by atoms with van der Waals surface area (Å²) in [6.45, 7) is 0.0277. The van der Waals surface area contributed by atoms with Crippen molar-refractivity contribution in [3.8, 4) is 0 Å². The summed E-state index contributed by atoms with van der Waals surface area (Å²) in [6.07, 6.45) is 0. The Morgan fingerprint density at radius 3 is 1.90 bits per heavy atom. The molecule has 0 aliphatic heterocycles. The molecule has 30 heavy (non-hydrogen) atoms. The highest BCUT2D eigenvalue weighted by Crippen LogP contribution is 2.10. The Morgan fingerprint density at radius 1 is 0.800 bits per heavy atom. The highest BCUT2D eigenvalue weighted by molar-refractivity contribution is 6.13. The first-order valence-corrected chi connectivity index (χ1v) is 9.40. The highest BCUT2D eigenvalue weighted by atomic mass is 16.5. The maximum Gasteiger partial charge on any atom is 0.338 e. The van der Waals surface area contributed by atoms with Crippen LogP contribution in [0.2, 0.25) is 0 Å². The van der Waals surface area contributed by atoms with E-state index in [0.717, 1.165) is 16.7 Å². The second-order valence-electron chi connectivity index (χ2n) is 6.43. The summed E-state index contributed by atoms with van der Waals surface area (Å²) in [6, 6.07) is 25.9. The van der Waals surface area contributed by atoms with Crippen molar-refractivity contribution in [3.63, 3.8) is 0 Å². The van der Waals surface area contributed by atoms with Crippen molar-refractivity contribution in [2.75, 3.05) is 13.7 Å². The number of hydrogen-bond donors (Lipinski definition) is 1. The molecule has 0 unspecified atom stereocenters. The molecular weight excluding hydrogens is 380 g/mol. The molecule has 0 bridgehead atoms. The molecule has 0 spiro atoms. The summed E-state index contributed by atoms with van der Waals surface area (Å²) >= 11 is 0. The van der Waals surface area contributed by atoms with Gasteiger partial charge in [-0.1, -0.05) is 72.8 Å². The van der Waals surface area contributed by atoms with E-state index in [1.54, 1.807) is 31.4 Å². The Morgan fingerprint density at radius 2 is 1.37 bits per heavy atom. The minimum atomic E-state index is -0.579. The lowest BCUT2D eigenvalue weighted by molar-refractivity contribution is -0.124. The van der Waals surface area contributed by atoms with Crippen LogP contribution in [0.25, 0.3) is 0 Å². The van der Waals surface area contributed by atoms with Gasteiger partial charge in [-0.15, -0.1) is 0 Å². The van der Waals surface area contributed by atoms with E-state index >= 15 is 0 Å². The van der Waals surface area contributed by atoms with Crippen molar-refractivity contribution in [2.45, 2.75) is 6.61 Å². The molecule has 0 atom stereocenters. The number of carbonyl (C=O) groups is 2. The predicted molar refractivity (Wildman–Crippen MR) is 114 cm³/mol. The molecule has 1 N–H and O–H groups in total. The lowest BCUT2D eigenvalue weighted by Gasteiger charge is -2.08. The van der Waals surface area contributed by atoms with Gasteiger partial charge in [0.2, 0.25) is 0 Å². The smallest absolute Gasteiger partial charge is 0.338 e. The molecule has 3 rings (SSSR count). The third kappa shape index (κ3) is 5.86. The minimum absolute atomic E-state index is 0.361. The van der Waals surface area contributed by atoms with E-state index in [4.69, 9.17) is 9.47 Å². The number of hydrazone groups is 1. The van der Waals surface area contributed by atoms with Crippen LogP contribution in [0.4, 0.5) is 0 Å². The Hall–Kier alpha value is -3.77. The fraction of sp³-hybridized carbons (Fsp3) is 0.125. The van der Waals surface area contributed by atoms with E-state index in [1.807, 2.05) is 60.7 Å². The molecular formula is C24H22N2O4. The van der Waals surface area contributed by atoms with Crippen molar-refractivity contribution in [3.05, 3.63) is 107 Å². The molecule has 3 aromatic carbocycles. The van der Waals surface area contributed by atoms with Gasteiger partial charge in [0.25, 0.3) is 5.91 Å². The molecule has 6 nitrogen and oxygen atoms in total. The first kappa shape index (κ1) is 21.0. The number of carbonyl (C=O) groups excluding carboxylic acids is 2. The molecule has 0 aliphatic carbocycles. The van der Waals surface area contributed by atoms with E-state index in [2.05, 4.69) is 10.5 Å². The molecule has 0 saturated carbocycles. The first-order valence-electron chi connectivity index (χ1n) is 9.40. The lowest BCUT2D eigenvalue weighted by Crippen LogP contribution is -2.26. The average Bonchev–Trinajstić information content (AvgIpc) is 2.80. The summed E-state index contributed by atoms with van der Waals surface area (Å²) in [5.74, 6) is -1.10. The quantitative estimate of drug-likeness (QED) is 0.355. The monoisotopic (exact) mass is 402 g/mol. The van der Waals surface area contributed by atoms with Gasteiger partial charge in [-0.3, -0.25) is 4.79 Å².